The van der Waals surface area contributed by atoms with Gasteiger partial charge in [0.05, 0.1) is 0 Å². The van der Waals surface area contributed by atoms with E-state index in [-0.39, 0.29) is 15.1 Å². The van der Waals surface area contributed by atoms with E-state index in [0.29, 0.717) is 4.82 Å². The molecule has 10 fully saturated rings. The summed E-state index contributed by atoms with van der Waals surface area (Å²) >= 11 is 28.4. The van der Waals surface area contributed by atoms with Gasteiger partial charge in [0.2, 0.25) is 0 Å². The Balaban J connectivity index is 2.06. The van der Waals surface area contributed by atoms with E-state index in [1.165, 1.54) is 0 Å². The summed E-state index contributed by atoms with van der Waals surface area (Å²) in [7, 11) is 0. The Morgan fingerprint density at radius 3 is 1.00 bits per heavy atom. The molecule has 0 nitrogen and oxygen atoms in total. The molecule has 0 aliphatic carbocycles. The molecular weight excluding hydrogens is 318 g/mol. The molecule has 10 heterocycles. The molecule has 0 N–H and O–H groups in total. The van der Waals surface area contributed by atoms with Crippen LogP contribution in [-0.2, 0) is 6.51 Å². The first-order chi connectivity index (χ1) is 6.72. The average Bonchev–Trinajstić information content (AvgIpc) is 3.14. The van der Waals surface area contributed by atoms with Crippen molar-refractivity contribution in [2.45, 2.75) is 44.0 Å². The minimum absolute atomic E-state index is 0.0296. The van der Waals surface area contributed by atoms with Crippen molar-refractivity contribution in [3.63, 3.8) is 0 Å². The topological polar surface area (TPSA) is 0 Å². The first kappa shape index (κ1) is 6.22. The van der Waals surface area contributed by atoms with E-state index in [1.807, 2.05) is 0 Å². The summed E-state index contributed by atoms with van der Waals surface area (Å²) in [6.45, 7) is -3.89. The van der Waals surface area contributed by atoms with Gasteiger partial charge in [-0.3, -0.25) is 0 Å². The molecule has 0 aromatic heterocycles. The fourth-order valence-electron chi connectivity index (χ4n) is 16.0. The van der Waals surface area contributed by atoms with Crippen LogP contribution in [0.4, 0.5) is 0 Å². The normalized spacial score (nSPS) is 149. The summed E-state index contributed by atoms with van der Waals surface area (Å²) in [5, 5.41) is 0. The Kier molecular flexibility index (Phi) is 0.178. The van der Waals surface area contributed by atoms with E-state index >= 15 is 0 Å². The van der Waals surface area contributed by atoms with E-state index in [2.05, 4.69) is 0 Å². The quantitative estimate of drug-likeness (QED) is 0.467. The molecule has 82 valence electrons. The van der Waals surface area contributed by atoms with Crippen LogP contribution in [0.3, 0.4) is 0 Å². The number of hydrogen-bond donors (Lipinski definition) is 0. The Labute approximate surface area is 96.2 Å². The van der Waals surface area contributed by atoms with Crippen molar-refractivity contribution < 1.29 is 6.51 Å². The van der Waals surface area contributed by atoms with Crippen LogP contribution < -0.4 is 0 Å². The van der Waals surface area contributed by atoms with Gasteiger partial charge in [0, 0.05) is 0 Å². The Morgan fingerprint density at radius 2 is 1.00 bits per heavy atom. The maximum atomic E-state index is 7.11. The van der Waals surface area contributed by atoms with Crippen molar-refractivity contribution >= 4 is 46.4 Å². The van der Waals surface area contributed by atoms with E-state index in [1.54, 1.807) is 0 Å². The Morgan fingerprint density at radius 1 is 0.667 bits per heavy atom. The predicted octanol–water partition coefficient (Wildman–Crippen LogP) is 3.96. The summed E-state index contributed by atoms with van der Waals surface area (Å²) < 4.78 is -0.137. The fraction of sp³-hybridized carbons (Fsp3) is 1.00. The van der Waals surface area contributed by atoms with Crippen LogP contribution in [0.5, 0.6) is 0 Å². The van der Waals surface area contributed by atoms with Crippen LogP contribution in [0.15, 0.2) is 0 Å². The molecule has 1 spiro atoms. The van der Waals surface area contributed by atoms with Crippen LogP contribution in [0.25, 0.3) is 0 Å². The summed E-state index contributed by atoms with van der Waals surface area (Å²) in [5.41, 5.74) is 0. The molecule has 4 atom stereocenters. The van der Waals surface area contributed by atoms with Gasteiger partial charge in [-0.1, -0.05) is 0 Å². The van der Waals surface area contributed by atoms with E-state index in [0.717, 1.165) is 24.1 Å². The zero-order valence-electron chi connectivity index (χ0n) is 7.33. The van der Waals surface area contributed by atoms with Crippen LogP contribution in [0.1, 0.15) is 0 Å². The maximum absolute atomic E-state index is 7.11. The molecule has 10 saturated heterocycles. The monoisotopic (exact) mass is 322 g/mol. The molecule has 0 aromatic rings. The Bertz CT molecular complexity index is 944. The van der Waals surface area contributed by atoms with Gasteiger partial charge in [0.1, 0.15) is 0 Å². The van der Waals surface area contributed by atoms with E-state index < -0.39 is 6.51 Å². The van der Waals surface area contributed by atoms with Crippen LogP contribution in [-0.4, -0.2) is 15.1 Å². The molecule has 0 radical (unpaired) electrons. The molecule has 4 unspecified atom stereocenters. The molecule has 0 aromatic carbocycles. The van der Waals surface area contributed by atoms with Gasteiger partial charge in [0.15, 0.2) is 0 Å². The molecule has 5 heteroatoms. The van der Waals surface area contributed by atoms with Crippen LogP contribution in [0, 0.1) is 0 Å². The second kappa shape index (κ2) is 0.430. The van der Waals surface area contributed by atoms with Crippen molar-refractivity contribution in [1.29, 1.82) is 0 Å². The first-order valence-corrected chi connectivity index (χ1v) is 13.2. The number of fused-ring (bicyclic) bond motifs is 10. The van der Waals surface area contributed by atoms with E-state index in [4.69, 9.17) is 46.4 Å². The van der Waals surface area contributed by atoms with Crippen molar-refractivity contribution in [1.82, 2.24) is 0 Å². The van der Waals surface area contributed by atoms with Gasteiger partial charge >= 0.3 is 96.9 Å². The molecule has 15 heavy (non-hydrogen) atoms. The molecule has 10 rings (SSSR count). The third kappa shape index (κ3) is 0.0445. The van der Waals surface area contributed by atoms with Crippen LogP contribution in [0.2, 0.25) is 28.9 Å². The van der Waals surface area contributed by atoms with Gasteiger partial charge in [-0.25, -0.2) is 0 Å². The molecule has 0 bridgehead atoms. The summed E-state index contributed by atoms with van der Waals surface area (Å²) in [6.07, 6.45) is 0. The van der Waals surface area contributed by atoms with Crippen molar-refractivity contribution in [3.05, 3.63) is 0 Å². The number of halogens is 4. The van der Waals surface area contributed by atoms with Gasteiger partial charge in [0.25, 0.3) is 0 Å². The van der Waals surface area contributed by atoms with Gasteiger partial charge in [-0.2, -0.15) is 0 Å². The summed E-state index contributed by atoms with van der Waals surface area (Å²) in [6, 6.07) is 0. The van der Waals surface area contributed by atoms with Crippen LogP contribution >= 0.6 is 46.4 Å². The standard InChI is InChI=1S/C5HCl4.C5H5.Fe/c6-2-1-3(7)5(9)4(2)8;1-2-4-5-3-1;/h1H;1-5H;. The molecule has 10 aliphatic rings. The van der Waals surface area contributed by atoms with Crippen molar-refractivity contribution in [2.75, 3.05) is 0 Å². The average molecular weight is 324 g/mol. The summed E-state index contributed by atoms with van der Waals surface area (Å²) in [4.78, 5) is 5.36. The second-order valence-corrected chi connectivity index (χ2v) is 35.6. The first-order valence-electron chi connectivity index (χ1n) is 5.68. The van der Waals surface area contributed by atoms with Gasteiger partial charge in [-0.15, -0.1) is 0 Å². The number of alkyl halides is 4. The van der Waals surface area contributed by atoms with Gasteiger partial charge < -0.3 is 0 Å². The number of rotatable bonds is 0. The van der Waals surface area contributed by atoms with E-state index in [9.17, 15) is 0 Å². The third-order valence-electron chi connectivity index (χ3n) is 14.5. The minimum atomic E-state index is -3.89. The zero-order chi connectivity index (χ0) is 9.78. The second-order valence-electron chi connectivity index (χ2n) is 9.56. The third-order valence-corrected chi connectivity index (χ3v) is 70.2. The molecule has 0 saturated carbocycles. The fourth-order valence-corrected chi connectivity index (χ4v) is 111. The number of hydrogen-bond acceptors (Lipinski definition) is 0. The zero-order valence-corrected chi connectivity index (χ0v) is 11.5. The van der Waals surface area contributed by atoms with Crippen molar-refractivity contribution in [2.24, 2.45) is 0 Å². The summed E-state index contributed by atoms with van der Waals surface area (Å²) in [5.74, 6) is 0. The molecule has 10 aliphatic heterocycles. The molecule has 0 amide bonds. The van der Waals surface area contributed by atoms with Gasteiger partial charge in [-0.05, 0) is 0 Å². The Hall–Kier alpha value is 1.68. The molecular formula is C10H6Cl4Fe. The van der Waals surface area contributed by atoms with Crippen molar-refractivity contribution in [3.8, 4) is 0 Å². The SMILES string of the molecule is Cl[C]12[CH]3[C]4(Cl)[C]5(Cl)[C]1(Cl)[Fe]32451678[CH]2[CH]1[CH]6[CH]7[CH]28. The predicted molar refractivity (Wildman–Crippen MR) is 56.8 cm³/mol.